The number of fused-ring (bicyclic) bond motifs is 2. The van der Waals surface area contributed by atoms with Gasteiger partial charge in [-0.2, -0.15) is 0 Å². The largest absolute Gasteiger partial charge is 0.354 e. The van der Waals surface area contributed by atoms with Gasteiger partial charge in [0.1, 0.15) is 0 Å². The molecule has 4 aromatic carbocycles. The Labute approximate surface area is 192 Å². The molecule has 2 heterocycles. The normalized spacial score (nSPS) is 11.0. The van der Waals surface area contributed by atoms with Gasteiger partial charge in [0.25, 0.3) is 0 Å². The van der Waals surface area contributed by atoms with Crippen molar-refractivity contribution in [1.29, 1.82) is 0 Å². The second kappa shape index (κ2) is 8.21. The highest BCUT2D eigenvalue weighted by Crippen LogP contribution is 2.34. The molecule has 0 aliphatic carbocycles. The van der Waals surface area contributed by atoms with Crippen LogP contribution in [0.2, 0.25) is 0 Å². The van der Waals surface area contributed by atoms with E-state index in [4.69, 9.17) is 9.97 Å². The summed E-state index contributed by atoms with van der Waals surface area (Å²) in [6.07, 6.45) is 0. The Kier molecular flexibility index (Phi) is 4.78. The summed E-state index contributed by atoms with van der Waals surface area (Å²) in [4.78, 5) is 9.85. The third-order valence-corrected chi connectivity index (χ3v) is 5.84. The van der Waals surface area contributed by atoms with Gasteiger partial charge in [-0.1, -0.05) is 97.1 Å². The fourth-order valence-electron chi connectivity index (χ4n) is 4.22. The van der Waals surface area contributed by atoms with E-state index in [2.05, 4.69) is 78.1 Å². The fraction of sp³-hybridized carbons (Fsp3) is 0. The molecule has 0 atom stereocenters. The standard InChI is InChI=1S/C30H21N3/c1-3-11-21(12-4-1)27-19-29(23-15-7-9-17-25(23)31-27)33-30-20-28(22-13-5-2-6-14-22)32-26-18-10-8-16-24(26)30/h1-20H,(H,31,32,33). The van der Waals surface area contributed by atoms with Gasteiger partial charge < -0.3 is 5.32 Å². The van der Waals surface area contributed by atoms with Gasteiger partial charge in [0.2, 0.25) is 0 Å². The summed E-state index contributed by atoms with van der Waals surface area (Å²) in [5, 5.41) is 5.90. The monoisotopic (exact) mass is 423 g/mol. The van der Waals surface area contributed by atoms with Gasteiger partial charge in [0.05, 0.1) is 33.8 Å². The zero-order valence-corrected chi connectivity index (χ0v) is 17.9. The molecule has 3 nitrogen and oxygen atoms in total. The lowest BCUT2D eigenvalue weighted by molar-refractivity contribution is 1.38. The summed E-state index contributed by atoms with van der Waals surface area (Å²) in [5.74, 6) is 0. The first kappa shape index (κ1) is 19.2. The van der Waals surface area contributed by atoms with Gasteiger partial charge in [0, 0.05) is 21.9 Å². The first-order valence-corrected chi connectivity index (χ1v) is 11.0. The molecule has 2 aromatic heterocycles. The second-order valence-electron chi connectivity index (χ2n) is 8.00. The summed E-state index contributed by atoms with van der Waals surface area (Å²) in [6.45, 7) is 0. The molecule has 0 spiro atoms. The Balaban J connectivity index is 1.55. The zero-order valence-electron chi connectivity index (χ0n) is 17.9. The van der Waals surface area contributed by atoms with E-state index in [9.17, 15) is 0 Å². The molecule has 0 bridgehead atoms. The van der Waals surface area contributed by atoms with Crippen molar-refractivity contribution in [2.45, 2.75) is 0 Å². The van der Waals surface area contributed by atoms with Crippen LogP contribution >= 0.6 is 0 Å². The molecule has 0 aliphatic heterocycles. The van der Waals surface area contributed by atoms with Crippen molar-refractivity contribution in [3.63, 3.8) is 0 Å². The number of rotatable bonds is 4. The number of hydrogen-bond donors (Lipinski definition) is 1. The Morgan fingerprint density at radius 2 is 0.818 bits per heavy atom. The number of aromatic nitrogens is 2. The van der Waals surface area contributed by atoms with Crippen LogP contribution in [0.5, 0.6) is 0 Å². The SMILES string of the molecule is c1ccc(-c2cc(Nc3cc(-c4ccccc4)nc4ccccc34)c3ccccc3n2)cc1. The summed E-state index contributed by atoms with van der Waals surface area (Å²) >= 11 is 0. The van der Waals surface area contributed by atoms with Crippen LogP contribution in [0, 0.1) is 0 Å². The molecule has 0 aliphatic rings. The van der Waals surface area contributed by atoms with Crippen LogP contribution in [-0.2, 0) is 0 Å². The molecule has 0 amide bonds. The number of nitrogens with one attached hydrogen (secondary N) is 1. The summed E-state index contributed by atoms with van der Waals surface area (Å²) in [7, 11) is 0. The van der Waals surface area contributed by atoms with Crippen molar-refractivity contribution in [1.82, 2.24) is 9.97 Å². The van der Waals surface area contributed by atoms with Crippen LogP contribution in [-0.4, -0.2) is 9.97 Å². The van der Waals surface area contributed by atoms with Crippen molar-refractivity contribution in [3.05, 3.63) is 121 Å². The van der Waals surface area contributed by atoms with E-state index in [0.29, 0.717) is 0 Å². The number of anilines is 2. The van der Waals surface area contributed by atoms with Crippen LogP contribution in [0.25, 0.3) is 44.3 Å². The molecule has 0 saturated carbocycles. The van der Waals surface area contributed by atoms with Gasteiger partial charge in [-0.3, -0.25) is 0 Å². The molecule has 156 valence electrons. The lowest BCUT2D eigenvalue weighted by Crippen LogP contribution is -1.98. The average molecular weight is 424 g/mol. The highest BCUT2D eigenvalue weighted by Gasteiger charge is 2.12. The number of pyridine rings is 2. The molecule has 0 radical (unpaired) electrons. The molecule has 0 fully saturated rings. The maximum absolute atomic E-state index is 4.92. The van der Waals surface area contributed by atoms with Crippen LogP contribution in [0.3, 0.4) is 0 Å². The Hall–Kier alpha value is -4.50. The number of para-hydroxylation sites is 2. The summed E-state index contributed by atoms with van der Waals surface area (Å²) in [6, 6.07) is 41.4. The lowest BCUT2D eigenvalue weighted by Gasteiger charge is -2.15. The molecule has 3 heteroatoms. The van der Waals surface area contributed by atoms with Crippen LogP contribution in [0.4, 0.5) is 11.4 Å². The van der Waals surface area contributed by atoms with E-state index in [1.54, 1.807) is 0 Å². The highest BCUT2D eigenvalue weighted by molar-refractivity contribution is 6.00. The van der Waals surface area contributed by atoms with Gasteiger partial charge in [-0.25, -0.2) is 9.97 Å². The van der Waals surface area contributed by atoms with Crippen LogP contribution < -0.4 is 5.32 Å². The van der Waals surface area contributed by atoms with Crippen LogP contribution in [0.15, 0.2) is 121 Å². The minimum atomic E-state index is 0.943. The number of nitrogens with zero attached hydrogens (tertiary/aromatic N) is 2. The molecular weight excluding hydrogens is 402 g/mol. The van der Waals surface area contributed by atoms with Gasteiger partial charge in [-0.15, -0.1) is 0 Å². The predicted molar refractivity (Wildman–Crippen MR) is 138 cm³/mol. The fourth-order valence-corrected chi connectivity index (χ4v) is 4.22. The maximum Gasteiger partial charge on any atom is 0.0730 e. The minimum Gasteiger partial charge on any atom is -0.354 e. The first-order chi connectivity index (χ1) is 16.3. The van der Waals surface area contributed by atoms with Crippen molar-refractivity contribution >= 4 is 33.2 Å². The topological polar surface area (TPSA) is 37.8 Å². The third-order valence-electron chi connectivity index (χ3n) is 5.84. The molecule has 1 N–H and O–H groups in total. The molecule has 6 aromatic rings. The predicted octanol–water partition coefficient (Wildman–Crippen LogP) is 7.86. The quantitative estimate of drug-likeness (QED) is 0.314. The number of hydrogen-bond acceptors (Lipinski definition) is 3. The van der Waals surface area contributed by atoms with Crippen molar-refractivity contribution in [3.8, 4) is 22.5 Å². The van der Waals surface area contributed by atoms with Gasteiger partial charge in [0.15, 0.2) is 0 Å². The van der Waals surface area contributed by atoms with E-state index in [-0.39, 0.29) is 0 Å². The van der Waals surface area contributed by atoms with Gasteiger partial charge >= 0.3 is 0 Å². The van der Waals surface area contributed by atoms with E-state index in [0.717, 1.165) is 55.7 Å². The first-order valence-electron chi connectivity index (χ1n) is 11.0. The van der Waals surface area contributed by atoms with Gasteiger partial charge in [-0.05, 0) is 24.3 Å². The summed E-state index contributed by atoms with van der Waals surface area (Å²) in [5.41, 5.74) is 8.04. The van der Waals surface area contributed by atoms with Crippen LogP contribution in [0.1, 0.15) is 0 Å². The Bertz CT molecular complexity index is 1450. The van der Waals surface area contributed by atoms with Crippen molar-refractivity contribution in [2.24, 2.45) is 0 Å². The van der Waals surface area contributed by atoms with E-state index >= 15 is 0 Å². The van der Waals surface area contributed by atoms with E-state index in [1.807, 2.05) is 48.5 Å². The molecule has 0 unspecified atom stereocenters. The molecular formula is C30H21N3. The van der Waals surface area contributed by atoms with E-state index in [1.165, 1.54) is 0 Å². The number of benzene rings is 4. The lowest BCUT2D eigenvalue weighted by atomic mass is 10.1. The third kappa shape index (κ3) is 3.70. The van der Waals surface area contributed by atoms with Crippen molar-refractivity contribution < 1.29 is 0 Å². The molecule has 33 heavy (non-hydrogen) atoms. The molecule has 0 saturated heterocycles. The second-order valence-corrected chi connectivity index (χ2v) is 8.00. The van der Waals surface area contributed by atoms with Crippen molar-refractivity contribution in [2.75, 3.05) is 5.32 Å². The Morgan fingerprint density at radius 3 is 1.27 bits per heavy atom. The van der Waals surface area contributed by atoms with E-state index < -0.39 is 0 Å². The maximum atomic E-state index is 4.92. The smallest absolute Gasteiger partial charge is 0.0730 e. The highest BCUT2D eigenvalue weighted by atomic mass is 14.9. The average Bonchev–Trinajstić information content (AvgIpc) is 2.89. The Morgan fingerprint density at radius 1 is 0.424 bits per heavy atom. The summed E-state index contributed by atoms with van der Waals surface area (Å²) < 4.78 is 0. The minimum absolute atomic E-state index is 0.943. The molecule has 6 rings (SSSR count). The zero-order chi connectivity index (χ0) is 22.0.